The number of aryl methyl sites for hydroxylation is 1. The normalized spacial score (nSPS) is 15.0. The summed E-state index contributed by atoms with van der Waals surface area (Å²) >= 11 is 0. The largest absolute Gasteiger partial charge is 0.467 e. The third kappa shape index (κ3) is 4.46. The molecule has 6 nitrogen and oxygen atoms in total. The molecule has 1 saturated heterocycles. The van der Waals surface area contributed by atoms with E-state index in [2.05, 4.69) is 46.3 Å². The summed E-state index contributed by atoms with van der Waals surface area (Å²) in [6.07, 6.45) is 1.59. The molecule has 1 aromatic carbocycles. The number of amides is 1. The van der Waals surface area contributed by atoms with Gasteiger partial charge in [0.15, 0.2) is 5.76 Å². The Morgan fingerprint density at radius 2 is 1.79 bits per heavy atom. The van der Waals surface area contributed by atoms with E-state index in [1.54, 1.807) is 18.4 Å². The van der Waals surface area contributed by atoms with Crippen LogP contribution in [0.15, 0.2) is 63.6 Å². The van der Waals surface area contributed by atoms with Crippen LogP contribution in [0.1, 0.15) is 27.6 Å². The molecule has 1 aliphatic heterocycles. The van der Waals surface area contributed by atoms with E-state index < -0.39 is 0 Å². The molecule has 0 unspecified atom stereocenters. The quantitative estimate of drug-likeness (QED) is 0.711. The van der Waals surface area contributed by atoms with Crippen LogP contribution in [-0.4, -0.2) is 37.0 Å². The number of benzene rings is 1. The molecular weight excluding hydrogens is 354 g/mol. The number of hydrogen-bond acceptors (Lipinski definition) is 5. The monoisotopic (exact) mass is 379 g/mol. The summed E-state index contributed by atoms with van der Waals surface area (Å²) < 4.78 is 11.0. The third-order valence-electron chi connectivity index (χ3n) is 5.04. The number of carbonyl (C=O) groups is 1. The van der Waals surface area contributed by atoms with Crippen LogP contribution in [0.2, 0.25) is 0 Å². The standard InChI is InChI=1S/C22H25N3O3/c1-17-4-6-18(7-5-17)25-12-10-24(11-13-25)16-20-8-9-21(28-20)22(26)23-15-19-3-2-14-27-19/h2-9,14H,10-13,15-16H2,1H3,(H,23,26). The van der Waals surface area contributed by atoms with Gasteiger partial charge in [0.2, 0.25) is 0 Å². The van der Waals surface area contributed by atoms with E-state index in [1.165, 1.54) is 11.3 Å². The van der Waals surface area contributed by atoms with Crippen molar-refractivity contribution in [2.24, 2.45) is 0 Å². The highest BCUT2D eigenvalue weighted by Crippen LogP contribution is 2.18. The van der Waals surface area contributed by atoms with Crippen molar-refractivity contribution in [3.63, 3.8) is 0 Å². The fourth-order valence-electron chi connectivity index (χ4n) is 3.39. The van der Waals surface area contributed by atoms with E-state index >= 15 is 0 Å². The molecule has 2 aromatic heterocycles. The number of anilines is 1. The van der Waals surface area contributed by atoms with Crippen LogP contribution in [0.3, 0.4) is 0 Å². The first-order chi connectivity index (χ1) is 13.7. The molecule has 1 aliphatic rings. The molecule has 1 N–H and O–H groups in total. The fourth-order valence-corrected chi connectivity index (χ4v) is 3.39. The maximum Gasteiger partial charge on any atom is 0.287 e. The Morgan fingerprint density at radius 3 is 2.50 bits per heavy atom. The predicted molar refractivity (Wildman–Crippen MR) is 107 cm³/mol. The minimum absolute atomic E-state index is 0.230. The van der Waals surface area contributed by atoms with Gasteiger partial charge in [0.1, 0.15) is 11.5 Å². The van der Waals surface area contributed by atoms with Crippen molar-refractivity contribution in [1.82, 2.24) is 10.2 Å². The molecule has 0 spiro atoms. The molecule has 1 fully saturated rings. The Morgan fingerprint density at radius 1 is 1.00 bits per heavy atom. The SMILES string of the molecule is Cc1ccc(N2CCN(Cc3ccc(C(=O)NCc4ccco4)o3)CC2)cc1. The number of furan rings is 2. The van der Waals surface area contributed by atoms with Crippen LogP contribution < -0.4 is 10.2 Å². The van der Waals surface area contributed by atoms with Gasteiger partial charge in [0.25, 0.3) is 5.91 Å². The van der Waals surface area contributed by atoms with Crippen molar-refractivity contribution >= 4 is 11.6 Å². The third-order valence-corrected chi connectivity index (χ3v) is 5.04. The Bertz CT molecular complexity index is 892. The van der Waals surface area contributed by atoms with Crippen LogP contribution in [-0.2, 0) is 13.1 Å². The summed E-state index contributed by atoms with van der Waals surface area (Å²) in [7, 11) is 0. The first-order valence-corrected chi connectivity index (χ1v) is 9.60. The first-order valence-electron chi connectivity index (χ1n) is 9.60. The maximum atomic E-state index is 12.2. The van der Waals surface area contributed by atoms with E-state index in [4.69, 9.17) is 8.83 Å². The maximum absolute atomic E-state index is 12.2. The zero-order chi connectivity index (χ0) is 19.3. The molecule has 3 heterocycles. The lowest BCUT2D eigenvalue weighted by molar-refractivity contribution is 0.0916. The molecule has 0 aliphatic carbocycles. The van der Waals surface area contributed by atoms with Gasteiger partial charge in [-0.3, -0.25) is 9.69 Å². The van der Waals surface area contributed by atoms with Crippen molar-refractivity contribution in [2.45, 2.75) is 20.0 Å². The second-order valence-corrected chi connectivity index (χ2v) is 7.13. The van der Waals surface area contributed by atoms with E-state index in [0.29, 0.717) is 24.6 Å². The highest BCUT2D eigenvalue weighted by atomic mass is 16.4. The lowest BCUT2D eigenvalue weighted by atomic mass is 10.2. The summed E-state index contributed by atoms with van der Waals surface area (Å²) in [6.45, 7) is 7.08. The van der Waals surface area contributed by atoms with Crippen molar-refractivity contribution in [3.8, 4) is 0 Å². The number of hydrogen-bond donors (Lipinski definition) is 1. The van der Waals surface area contributed by atoms with Crippen molar-refractivity contribution < 1.29 is 13.6 Å². The van der Waals surface area contributed by atoms with Crippen LogP contribution in [0.25, 0.3) is 0 Å². The fraction of sp³-hybridized carbons (Fsp3) is 0.318. The average Bonchev–Trinajstić information content (AvgIpc) is 3.40. The summed E-state index contributed by atoms with van der Waals surface area (Å²) in [4.78, 5) is 17.0. The topological polar surface area (TPSA) is 61.9 Å². The number of nitrogens with zero attached hydrogens (tertiary/aromatic N) is 2. The molecule has 0 radical (unpaired) electrons. The lowest BCUT2D eigenvalue weighted by Gasteiger charge is -2.35. The van der Waals surface area contributed by atoms with Gasteiger partial charge in [0, 0.05) is 31.9 Å². The van der Waals surface area contributed by atoms with Crippen molar-refractivity contribution in [2.75, 3.05) is 31.1 Å². The van der Waals surface area contributed by atoms with E-state index in [-0.39, 0.29) is 5.91 Å². The zero-order valence-electron chi connectivity index (χ0n) is 16.1. The Balaban J connectivity index is 1.26. The van der Waals surface area contributed by atoms with Crippen LogP contribution in [0.5, 0.6) is 0 Å². The van der Waals surface area contributed by atoms with Crippen LogP contribution in [0.4, 0.5) is 5.69 Å². The number of nitrogens with one attached hydrogen (secondary N) is 1. The second-order valence-electron chi connectivity index (χ2n) is 7.13. The number of piperazine rings is 1. The van der Waals surface area contributed by atoms with Crippen molar-refractivity contribution in [1.29, 1.82) is 0 Å². The second kappa shape index (κ2) is 8.35. The zero-order valence-corrected chi connectivity index (χ0v) is 16.1. The molecule has 3 aromatic rings. The van der Waals surface area contributed by atoms with Gasteiger partial charge in [-0.05, 0) is 43.3 Å². The molecule has 4 rings (SSSR count). The molecule has 6 heteroatoms. The molecule has 0 atom stereocenters. The van der Waals surface area contributed by atoms with Gasteiger partial charge in [-0.25, -0.2) is 0 Å². The van der Waals surface area contributed by atoms with E-state index in [1.807, 2.05) is 12.1 Å². The minimum atomic E-state index is -0.230. The molecule has 1 amide bonds. The summed E-state index contributed by atoms with van der Waals surface area (Å²) in [5.41, 5.74) is 2.56. The average molecular weight is 379 g/mol. The van der Waals surface area contributed by atoms with Crippen molar-refractivity contribution in [3.05, 3.63) is 77.6 Å². The van der Waals surface area contributed by atoms with Gasteiger partial charge in [-0.1, -0.05) is 17.7 Å². The van der Waals surface area contributed by atoms with Gasteiger partial charge in [0.05, 0.1) is 19.4 Å². The van der Waals surface area contributed by atoms with E-state index in [0.717, 1.165) is 31.9 Å². The summed E-state index contributed by atoms with van der Waals surface area (Å²) in [6, 6.07) is 15.9. The number of carbonyl (C=O) groups excluding carboxylic acids is 1. The molecule has 0 bridgehead atoms. The minimum Gasteiger partial charge on any atom is -0.467 e. The van der Waals surface area contributed by atoms with Gasteiger partial charge < -0.3 is 19.1 Å². The van der Waals surface area contributed by atoms with Gasteiger partial charge in [-0.2, -0.15) is 0 Å². The van der Waals surface area contributed by atoms with Crippen LogP contribution in [0, 0.1) is 6.92 Å². The molecule has 0 saturated carbocycles. The summed E-state index contributed by atoms with van der Waals surface area (Å²) in [5.74, 6) is 1.63. The molecule has 146 valence electrons. The predicted octanol–water partition coefficient (Wildman–Crippen LogP) is 3.43. The first kappa shape index (κ1) is 18.4. The highest BCUT2D eigenvalue weighted by Gasteiger charge is 2.19. The Kier molecular flexibility index (Phi) is 5.48. The summed E-state index contributed by atoms with van der Waals surface area (Å²) in [5, 5.41) is 2.80. The van der Waals surface area contributed by atoms with Gasteiger partial charge in [-0.15, -0.1) is 0 Å². The van der Waals surface area contributed by atoms with Gasteiger partial charge >= 0.3 is 0 Å². The smallest absolute Gasteiger partial charge is 0.287 e. The Labute approximate surface area is 164 Å². The Hall–Kier alpha value is -2.99. The molecule has 28 heavy (non-hydrogen) atoms. The van der Waals surface area contributed by atoms with Crippen LogP contribution >= 0.6 is 0 Å². The highest BCUT2D eigenvalue weighted by molar-refractivity contribution is 5.91. The molecular formula is C22H25N3O3. The van der Waals surface area contributed by atoms with E-state index in [9.17, 15) is 4.79 Å². The lowest BCUT2D eigenvalue weighted by Crippen LogP contribution is -2.45. The number of rotatable bonds is 6.